The van der Waals surface area contributed by atoms with Crippen LogP contribution in [-0.4, -0.2) is 52.1 Å². The zero-order chi connectivity index (χ0) is 19.6. The van der Waals surface area contributed by atoms with Crippen LogP contribution in [0.3, 0.4) is 0 Å². The third-order valence-corrected chi connectivity index (χ3v) is 4.41. The Balaban J connectivity index is 0.00000300. The van der Waals surface area contributed by atoms with Crippen molar-refractivity contribution in [2.45, 2.75) is 26.4 Å². The molecular weight excluding hydrogens is 477 g/mol. The van der Waals surface area contributed by atoms with Gasteiger partial charge in [0.05, 0.1) is 0 Å². The molecular formula is C21H30IN7. The first-order chi connectivity index (χ1) is 13.8. The second-order valence-corrected chi connectivity index (χ2v) is 6.74. The first kappa shape index (κ1) is 23.1. The van der Waals surface area contributed by atoms with Gasteiger partial charge in [-0.05, 0) is 44.6 Å². The number of halogens is 1. The predicted molar refractivity (Wildman–Crippen MR) is 129 cm³/mol. The van der Waals surface area contributed by atoms with Crippen LogP contribution in [0.15, 0.2) is 59.7 Å². The molecule has 0 amide bonds. The normalized spacial score (nSPS) is 11.5. The number of nitrogens with zero attached hydrogens (tertiary/aromatic N) is 5. The smallest absolute Gasteiger partial charge is 0.191 e. The maximum Gasteiger partial charge on any atom is 0.191 e. The molecule has 2 heterocycles. The molecule has 3 rings (SSSR count). The van der Waals surface area contributed by atoms with Crippen molar-refractivity contribution in [2.75, 3.05) is 26.7 Å². The molecule has 2 aromatic heterocycles. The Kier molecular flexibility index (Phi) is 9.85. The average molecular weight is 507 g/mol. The standard InChI is InChI=1S/C21H29N7.HI/c1-3-22-21(24-16-20-26-25-19-12-7-8-15-28(19)20)23-13-9-14-27(2)17-18-10-5-4-6-11-18;/h4-8,10-12,15H,3,9,13-14,16-17H2,1-2H3,(H2,22,23,24);1H. The largest absolute Gasteiger partial charge is 0.357 e. The number of hydrogen-bond acceptors (Lipinski definition) is 4. The molecule has 0 fully saturated rings. The van der Waals surface area contributed by atoms with Crippen molar-refractivity contribution in [3.05, 3.63) is 66.1 Å². The lowest BCUT2D eigenvalue weighted by Gasteiger charge is -2.17. The quantitative estimate of drug-likeness (QED) is 0.202. The molecule has 0 aliphatic heterocycles. The molecule has 1 aromatic carbocycles. The zero-order valence-corrected chi connectivity index (χ0v) is 19.4. The number of nitrogens with one attached hydrogen (secondary N) is 2. The van der Waals surface area contributed by atoms with E-state index in [1.54, 1.807) is 0 Å². The summed E-state index contributed by atoms with van der Waals surface area (Å²) in [6.07, 6.45) is 3.00. The summed E-state index contributed by atoms with van der Waals surface area (Å²) >= 11 is 0. The molecule has 0 bridgehead atoms. The van der Waals surface area contributed by atoms with Crippen molar-refractivity contribution in [2.24, 2.45) is 4.99 Å². The van der Waals surface area contributed by atoms with E-state index in [0.29, 0.717) is 6.54 Å². The second kappa shape index (κ2) is 12.4. The third kappa shape index (κ3) is 7.28. The van der Waals surface area contributed by atoms with Gasteiger partial charge in [-0.15, -0.1) is 34.2 Å². The lowest BCUT2D eigenvalue weighted by molar-refractivity contribution is 0.322. The fourth-order valence-electron chi connectivity index (χ4n) is 3.02. The maximum atomic E-state index is 4.65. The van der Waals surface area contributed by atoms with E-state index in [2.05, 4.69) is 75.0 Å². The van der Waals surface area contributed by atoms with E-state index < -0.39 is 0 Å². The highest BCUT2D eigenvalue weighted by atomic mass is 127. The van der Waals surface area contributed by atoms with Gasteiger partial charge in [0.1, 0.15) is 6.54 Å². The molecule has 0 aliphatic rings. The molecule has 29 heavy (non-hydrogen) atoms. The van der Waals surface area contributed by atoms with Crippen LogP contribution in [-0.2, 0) is 13.1 Å². The Hall–Kier alpha value is -2.20. The number of aliphatic imine (C=N–C) groups is 1. The Labute approximate surface area is 189 Å². The monoisotopic (exact) mass is 507 g/mol. The SMILES string of the molecule is CCNC(=NCc1nnc2ccccn12)NCCCN(C)Cc1ccccc1.I. The first-order valence-corrected chi connectivity index (χ1v) is 9.79. The minimum absolute atomic E-state index is 0. The van der Waals surface area contributed by atoms with E-state index in [0.717, 1.165) is 50.0 Å². The Bertz CT molecular complexity index is 879. The molecule has 156 valence electrons. The van der Waals surface area contributed by atoms with Crippen molar-refractivity contribution < 1.29 is 0 Å². The Morgan fingerprint density at radius 3 is 2.66 bits per heavy atom. The van der Waals surface area contributed by atoms with Gasteiger partial charge in [-0.1, -0.05) is 36.4 Å². The predicted octanol–water partition coefficient (Wildman–Crippen LogP) is 2.92. The molecule has 0 saturated heterocycles. The summed E-state index contributed by atoms with van der Waals surface area (Å²) in [4.78, 5) is 6.98. The summed E-state index contributed by atoms with van der Waals surface area (Å²) < 4.78 is 1.96. The molecule has 7 nitrogen and oxygen atoms in total. The van der Waals surface area contributed by atoms with E-state index >= 15 is 0 Å². The summed E-state index contributed by atoms with van der Waals surface area (Å²) in [5.74, 6) is 1.64. The van der Waals surface area contributed by atoms with Crippen LogP contribution in [0.25, 0.3) is 5.65 Å². The van der Waals surface area contributed by atoms with Crippen LogP contribution in [0, 0.1) is 0 Å². The lowest BCUT2D eigenvalue weighted by Crippen LogP contribution is -2.38. The highest BCUT2D eigenvalue weighted by Crippen LogP contribution is 2.04. The van der Waals surface area contributed by atoms with E-state index in [-0.39, 0.29) is 24.0 Å². The summed E-state index contributed by atoms with van der Waals surface area (Å²) in [5.41, 5.74) is 2.18. The Morgan fingerprint density at radius 1 is 1.07 bits per heavy atom. The van der Waals surface area contributed by atoms with Gasteiger partial charge in [-0.3, -0.25) is 4.40 Å². The molecule has 0 atom stereocenters. The minimum atomic E-state index is 0. The second-order valence-electron chi connectivity index (χ2n) is 6.74. The van der Waals surface area contributed by atoms with E-state index in [9.17, 15) is 0 Å². The minimum Gasteiger partial charge on any atom is -0.357 e. The van der Waals surface area contributed by atoms with Gasteiger partial charge < -0.3 is 15.5 Å². The number of rotatable bonds is 9. The van der Waals surface area contributed by atoms with E-state index in [1.807, 2.05) is 28.8 Å². The molecule has 0 unspecified atom stereocenters. The van der Waals surface area contributed by atoms with Crippen LogP contribution in [0.2, 0.25) is 0 Å². The molecule has 0 spiro atoms. The molecule has 0 saturated carbocycles. The first-order valence-electron chi connectivity index (χ1n) is 9.79. The number of guanidine groups is 1. The summed E-state index contributed by atoms with van der Waals surface area (Å²) in [5, 5.41) is 15.1. The van der Waals surface area contributed by atoms with Gasteiger partial charge in [0.25, 0.3) is 0 Å². The number of pyridine rings is 1. The maximum absolute atomic E-state index is 4.65. The number of benzene rings is 1. The van der Waals surface area contributed by atoms with Crippen molar-refractivity contribution in [3.63, 3.8) is 0 Å². The van der Waals surface area contributed by atoms with Crippen molar-refractivity contribution in [1.82, 2.24) is 30.1 Å². The van der Waals surface area contributed by atoms with Crippen LogP contribution in [0.4, 0.5) is 0 Å². The number of fused-ring (bicyclic) bond motifs is 1. The van der Waals surface area contributed by atoms with E-state index in [4.69, 9.17) is 0 Å². The summed E-state index contributed by atoms with van der Waals surface area (Å²) in [6, 6.07) is 16.4. The van der Waals surface area contributed by atoms with Crippen molar-refractivity contribution >= 4 is 35.6 Å². The fraction of sp³-hybridized carbons (Fsp3) is 0.381. The van der Waals surface area contributed by atoms with Gasteiger partial charge >= 0.3 is 0 Å². The van der Waals surface area contributed by atoms with Gasteiger partial charge in [0.2, 0.25) is 0 Å². The number of aromatic nitrogens is 3. The average Bonchev–Trinajstić information content (AvgIpc) is 3.13. The zero-order valence-electron chi connectivity index (χ0n) is 17.1. The molecule has 3 aromatic rings. The van der Waals surface area contributed by atoms with Crippen LogP contribution in [0.1, 0.15) is 24.7 Å². The number of hydrogen-bond donors (Lipinski definition) is 2. The molecule has 0 radical (unpaired) electrons. The lowest BCUT2D eigenvalue weighted by atomic mass is 10.2. The Morgan fingerprint density at radius 2 is 1.86 bits per heavy atom. The third-order valence-electron chi connectivity index (χ3n) is 4.41. The van der Waals surface area contributed by atoms with Crippen molar-refractivity contribution in [1.29, 1.82) is 0 Å². The van der Waals surface area contributed by atoms with Crippen LogP contribution >= 0.6 is 24.0 Å². The van der Waals surface area contributed by atoms with Gasteiger partial charge in [0.15, 0.2) is 17.4 Å². The van der Waals surface area contributed by atoms with Crippen LogP contribution in [0.5, 0.6) is 0 Å². The molecule has 0 aliphatic carbocycles. The van der Waals surface area contributed by atoms with Crippen molar-refractivity contribution in [3.8, 4) is 0 Å². The fourth-order valence-corrected chi connectivity index (χ4v) is 3.02. The highest BCUT2D eigenvalue weighted by Gasteiger charge is 2.05. The highest BCUT2D eigenvalue weighted by molar-refractivity contribution is 14.0. The molecule has 2 N–H and O–H groups in total. The van der Waals surface area contributed by atoms with Gasteiger partial charge in [0, 0.05) is 25.8 Å². The molecule has 8 heteroatoms. The van der Waals surface area contributed by atoms with E-state index in [1.165, 1.54) is 5.56 Å². The van der Waals surface area contributed by atoms with Gasteiger partial charge in [-0.25, -0.2) is 4.99 Å². The summed E-state index contributed by atoms with van der Waals surface area (Å²) in [6.45, 7) is 6.22. The topological polar surface area (TPSA) is 69.8 Å². The van der Waals surface area contributed by atoms with Gasteiger partial charge in [-0.2, -0.15) is 0 Å². The van der Waals surface area contributed by atoms with Crippen LogP contribution < -0.4 is 10.6 Å². The summed E-state index contributed by atoms with van der Waals surface area (Å²) in [7, 11) is 2.16.